The molecule has 1 aromatic heterocycles. The molecule has 1 rings (SSSR count). The van der Waals surface area contributed by atoms with E-state index >= 15 is 0 Å². The van der Waals surface area contributed by atoms with Gasteiger partial charge in [-0.25, -0.2) is 0 Å². The maximum atomic E-state index is 10.8. The molecule has 0 aliphatic carbocycles. The van der Waals surface area contributed by atoms with Crippen LogP contribution in [0.3, 0.4) is 0 Å². The van der Waals surface area contributed by atoms with E-state index < -0.39 is 0 Å². The SMILES string of the molecule is CC(=O)c1cc(=O)c(N)c[nH]1. The smallest absolute Gasteiger partial charge is 0.205 e. The Morgan fingerprint density at radius 3 is 2.73 bits per heavy atom. The van der Waals surface area contributed by atoms with Gasteiger partial charge in [-0.1, -0.05) is 0 Å². The summed E-state index contributed by atoms with van der Waals surface area (Å²) in [7, 11) is 0. The van der Waals surface area contributed by atoms with Crippen molar-refractivity contribution >= 4 is 11.5 Å². The van der Waals surface area contributed by atoms with E-state index in [4.69, 9.17) is 5.73 Å². The minimum Gasteiger partial charge on any atom is -0.394 e. The molecule has 0 saturated heterocycles. The first-order valence-corrected chi connectivity index (χ1v) is 3.10. The van der Waals surface area contributed by atoms with E-state index in [1.54, 1.807) is 0 Å². The standard InChI is InChI=1S/C7H8N2O2/c1-4(10)6-2-7(11)5(8)3-9-6/h2-3H,8H2,1H3,(H,9,11). The Morgan fingerprint density at radius 1 is 1.64 bits per heavy atom. The second kappa shape index (κ2) is 2.57. The van der Waals surface area contributed by atoms with Crippen LogP contribution in [0, 0.1) is 0 Å². The first-order chi connectivity index (χ1) is 5.11. The number of hydrogen-bond acceptors (Lipinski definition) is 3. The molecule has 0 bridgehead atoms. The fraction of sp³-hybridized carbons (Fsp3) is 0.143. The Hall–Kier alpha value is -1.58. The number of carbonyl (C=O) groups excluding carboxylic acids is 1. The van der Waals surface area contributed by atoms with Crippen LogP contribution in [0.25, 0.3) is 0 Å². The molecule has 0 aliphatic rings. The Bertz CT molecular complexity index is 341. The number of carbonyl (C=O) groups is 1. The molecule has 0 atom stereocenters. The summed E-state index contributed by atoms with van der Waals surface area (Å²) in [4.78, 5) is 24.1. The predicted octanol–water partition coefficient (Wildman–Crippen LogP) is 0.160. The summed E-state index contributed by atoms with van der Waals surface area (Å²) in [5, 5.41) is 0. The number of ketones is 1. The van der Waals surface area contributed by atoms with Gasteiger partial charge in [-0.05, 0) is 0 Å². The Kier molecular flexibility index (Phi) is 1.76. The number of nitrogens with two attached hydrogens (primary N) is 1. The van der Waals surface area contributed by atoms with Gasteiger partial charge in [0, 0.05) is 19.2 Å². The summed E-state index contributed by atoms with van der Waals surface area (Å²) in [5.41, 5.74) is 5.31. The van der Waals surface area contributed by atoms with Crippen molar-refractivity contribution in [2.45, 2.75) is 6.92 Å². The summed E-state index contributed by atoms with van der Waals surface area (Å²) >= 11 is 0. The van der Waals surface area contributed by atoms with Gasteiger partial charge < -0.3 is 10.7 Å². The van der Waals surface area contributed by atoms with Crippen molar-refractivity contribution in [3.8, 4) is 0 Å². The summed E-state index contributed by atoms with van der Waals surface area (Å²) in [6.45, 7) is 1.38. The van der Waals surface area contributed by atoms with Gasteiger partial charge in [-0.3, -0.25) is 9.59 Å². The summed E-state index contributed by atoms with van der Waals surface area (Å²) in [6, 6.07) is 1.19. The molecule has 0 saturated carbocycles. The van der Waals surface area contributed by atoms with E-state index in [1.807, 2.05) is 0 Å². The van der Waals surface area contributed by atoms with Crippen LogP contribution >= 0.6 is 0 Å². The zero-order chi connectivity index (χ0) is 8.43. The van der Waals surface area contributed by atoms with Crippen molar-refractivity contribution in [3.05, 3.63) is 28.2 Å². The molecule has 0 amide bonds. The molecular weight excluding hydrogens is 144 g/mol. The summed E-state index contributed by atoms with van der Waals surface area (Å²) < 4.78 is 0. The predicted molar refractivity (Wildman–Crippen MR) is 41.5 cm³/mol. The molecule has 4 nitrogen and oxygen atoms in total. The minimum atomic E-state index is -0.325. The number of pyridine rings is 1. The molecule has 0 spiro atoms. The summed E-state index contributed by atoms with van der Waals surface area (Å²) in [5.74, 6) is -0.179. The maximum absolute atomic E-state index is 10.8. The highest BCUT2D eigenvalue weighted by Gasteiger charge is 2.00. The quantitative estimate of drug-likeness (QED) is 0.563. The number of nitrogens with one attached hydrogen (secondary N) is 1. The third-order valence-electron chi connectivity index (χ3n) is 1.32. The number of aromatic nitrogens is 1. The molecule has 0 radical (unpaired) electrons. The van der Waals surface area contributed by atoms with Crippen molar-refractivity contribution in [2.75, 3.05) is 5.73 Å². The molecule has 0 unspecified atom stereocenters. The number of H-pyrrole nitrogens is 1. The van der Waals surface area contributed by atoms with Gasteiger partial charge in [0.25, 0.3) is 0 Å². The van der Waals surface area contributed by atoms with E-state index in [0.717, 1.165) is 0 Å². The van der Waals surface area contributed by atoms with Crippen molar-refractivity contribution in [2.24, 2.45) is 0 Å². The van der Waals surface area contributed by atoms with Gasteiger partial charge in [0.2, 0.25) is 5.43 Å². The van der Waals surface area contributed by atoms with Crippen LogP contribution < -0.4 is 11.2 Å². The van der Waals surface area contributed by atoms with Gasteiger partial charge in [-0.15, -0.1) is 0 Å². The normalized spacial score (nSPS) is 9.55. The molecule has 0 fully saturated rings. The largest absolute Gasteiger partial charge is 0.394 e. The first kappa shape index (κ1) is 7.53. The van der Waals surface area contributed by atoms with Crippen molar-refractivity contribution < 1.29 is 4.79 Å². The molecule has 3 N–H and O–H groups in total. The molecule has 11 heavy (non-hydrogen) atoms. The van der Waals surface area contributed by atoms with Crippen LogP contribution in [-0.4, -0.2) is 10.8 Å². The van der Waals surface area contributed by atoms with E-state index in [1.165, 1.54) is 19.2 Å². The number of aromatic amines is 1. The van der Waals surface area contributed by atoms with Crippen LogP contribution in [0.15, 0.2) is 17.1 Å². The van der Waals surface area contributed by atoms with E-state index in [-0.39, 0.29) is 22.6 Å². The van der Waals surface area contributed by atoms with Gasteiger partial charge in [0.05, 0.1) is 11.4 Å². The van der Waals surface area contributed by atoms with E-state index in [9.17, 15) is 9.59 Å². The van der Waals surface area contributed by atoms with Crippen LogP contribution in [-0.2, 0) is 0 Å². The zero-order valence-electron chi connectivity index (χ0n) is 6.05. The Balaban J connectivity index is 3.26. The molecular formula is C7H8N2O2. The molecule has 1 heterocycles. The fourth-order valence-corrected chi connectivity index (χ4v) is 0.686. The van der Waals surface area contributed by atoms with Crippen molar-refractivity contribution in [3.63, 3.8) is 0 Å². The first-order valence-electron chi connectivity index (χ1n) is 3.10. The second-order valence-electron chi connectivity index (χ2n) is 2.22. The van der Waals surface area contributed by atoms with Gasteiger partial charge >= 0.3 is 0 Å². The fourth-order valence-electron chi connectivity index (χ4n) is 0.686. The number of hydrogen-bond donors (Lipinski definition) is 2. The van der Waals surface area contributed by atoms with Crippen LogP contribution in [0.5, 0.6) is 0 Å². The van der Waals surface area contributed by atoms with Gasteiger partial charge in [0.1, 0.15) is 0 Å². The zero-order valence-corrected chi connectivity index (χ0v) is 6.05. The highest BCUT2D eigenvalue weighted by molar-refractivity contribution is 5.92. The van der Waals surface area contributed by atoms with Gasteiger partial charge in [0.15, 0.2) is 5.78 Å². The topological polar surface area (TPSA) is 75.9 Å². The third-order valence-corrected chi connectivity index (χ3v) is 1.32. The second-order valence-corrected chi connectivity index (χ2v) is 2.22. The summed E-state index contributed by atoms with van der Waals surface area (Å²) in [6.07, 6.45) is 1.32. The van der Waals surface area contributed by atoms with E-state index in [0.29, 0.717) is 0 Å². The highest BCUT2D eigenvalue weighted by atomic mass is 16.1. The van der Waals surface area contributed by atoms with Gasteiger partial charge in [-0.2, -0.15) is 0 Å². The Morgan fingerprint density at radius 2 is 2.27 bits per heavy atom. The number of nitrogen functional groups attached to an aromatic ring is 1. The molecule has 1 aromatic rings. The lowest BCUT2D eigenvalue weighted by molar-refractivity contribution is 0.101. The number of anilines is 1. The number of Topliss-reactive ketones (excluding diaryl/α,β-unsaturated/α-hetero) is 1. The molecule has 0 aliphatic heterocycles. The third kappa shape index (κ3) is 1.46. The lowest BCUT2D eigenvalue weighted by atomic mass is 10.2. The average molecular weight is 152 g/mol. The average Bonchev–Trinajstić information content (AvgIpc) is 1.94. The monoisotopic (exact) mass is 152 g/mol. The van der Waals surface area contributed by atoms with Crippen LogP contribution in [0.1, 0.15) is 17.4 Å². The lowest BCUT2D eigenvalue weighted by Crippen LogP contribution is -2.10. The highest BCUT2D eigenvalue weighted by Crippen LogP contribution is 1.94. The lowest BCUT2D eigenvalue weighted by Gasteiger charge is -1.94. The number of rotatable bonds is 1. The van der Waals surface area contributed by atoms with Crippen molar-refractivity contribution in [1.82, 2.24) is 4.98 Å². The Labute approximate surface area is 63.0 Å². The van der Waals surface area contributed by atoms with E-state index in [2.05, 4.69) is 4.98 Å². The van der Waals surface area contributed by atoms with Crippen LogP contribution in [0.2, 0.25) is 0 Å². The minimum absolute atomic E-state index is 0.120. The maximum Gasteiger partial charge on any atom is 0.205 e. The molecule has 58 valence electrons. The van der Waals surface area contributed by atoms with Crippen LogP contribution in [0.4, 0.5) is 5.69 Å². The van der Waals surface area contributed by atoms with Crippen molar-refractivity contribution in [1.29, 1.82) is 0 Å². The molecule has 0 aromatic carbocycles. The molecule has 4 heteroatoms.